The van der Waals surface area contributed by atoms with Gasteiger partial charge in [0.2, 0.25) is 11.0 Å². The van der Waals surface area contributed by atoms with Crippen LogP contribution in [0.4, 0.5) is 0 Å². The molecule has 2 fully saturated rings. The Morgan fingerprint density at radius 2 is 2.07 bits per heavy atom. The summed E-state index contributed by atoms with van der Waals surface area (Å²) in [5, 5.41) is 15.1. The Labute approximate surface area is 163 Å². The molecule has 2 aliphatic heterocycles. The van der Waals surface area contributed by atoms with E-state index in [2.05, 4.69) is 6.07 Å². The molecule has 2 N–H and O–H groups in total. The van der Waals surface area contributed by atoms with Crippen molar-refractivity contribution in [3.63, 3.8) is 0 Å². The van der Waals surface area contributed by atoms with Gasteiger partial charge in [-0.1, -0.05) is 18.2 Å². The summed E-state index contributed by atoms with van der Waals surface area (Å²) in [6.07, 6.45) is 2.29. The predicted octanol–water partition coefficient (Wildman–Crippen LogP) is 1.38. The summed E-state index contributed by atoms with van der Waals surface area (Å²) in [5.41, 5.74) is 1.09. The zero-order chi connectivity index (χ0) is 19.9. The number of amides is 1. The molecule has 9 heteroatoms. The lowest BCUT2D eigenvalue weighted by atomic mass is 9.98. The minimum atomic E-state index is -3.99. The zero-order valence-electron chi connectivity index (χ0n) is 15.4. The van der Waals surface area contributed by atoms with Crippen LogP contribution in [0.3, 0.4) is 0 Å². The van der Waals surface area contributed by atoms with Crippen molar-refractivity contribution >= 4 is 26.9 Å². The number of hydrogen-bond acceptors (Lipinski definition) is 6. The molecule has 0 saturated carbocycles. The number of furan rings is 1. The van der Waals surface area contributed by atoms with Gasteiger partial charge in [0.15, 0.2) is 0 Å². The first kappa shape index (κ1) is 18.9. The normalized spacial score (nSPS) is 23.4. The van der Waals surface area contributed by atoms with Crippen LogP contribution in [0.1, 0.15) is 30.7 Å². The molecule has 1 amide bonds. The average Bonchev–Trinajstić information content (AvgIpc) is 3.38. The molecule has 0 spiro atoms. The molecule has 148 valence electrons. The fourth-order valence-corrected chi connectivity index (χ4v) is 5.12. The summed E-state index contributed by atoms with van der Waals surface area (Å²) in [5.74, 6) is -0.136. The van der Waals surface area contributed by atoms with Crippen molar-refractivity contribution in [1.29, 1.82) is 5.26 Å². The predicted molar refractivity (Wildman–Crippen MR) is 102 cm³/mol. The zero-order valence-corrected chi connectivity index (χ0v) is 16.2. The number of nitrogens with zero attached hydrogens (tertiary/aromatic N) is 3. The van der Waals surface area contributed by atoms with Crippen LogP contribution in [0.5, 0.6) is 0 Å². The third-order valence-electron chi connectivity index (χ3n) is 5.62. The minimum absolute atomic E-state index is 0.0478. The van der Waals surface area contributed by atoms with Gasteiger partial charge in [-0.15, -0.1) is 0 Å². The first-order valence-corrected chi connectivity index (χ1v) is 10.9. The molecule has 0 aliphatic carbocycles. The van der Waals surface area contributed by atoms with Crippen molar-refractivity contribution in [2.24, 2.45) is 5.14 Å². The number of benzene rings is 1. The molecule has 2 saturated heterocycles. The molecule has 3 heterocycles. The minimum Gasteiger partial charge on any atom is -0.443 e. The quantitative estimate of drug-likeness (QED) is 0.825. The van der Waals surface area contributed by atoms with E-state index in [1.165, 1.54) is 0 Å². The molecule has 0 unspecified atom stereocenters. The first-order chi connectivity index (χ1) is 13.4. The van der Waals surface area contributed by atoms with Crippen LogP contribution >= 0.6 is 0 Å². The third-order valence-corrected chi connectivity index (χ3v) is 6.44. The summed E-state index contributed by atoms with van der Waals surface area (Å²) < 4.78 is 29.7. The molecule has 4 rings (SSSR count). The molecular weight excluding hydrogens is 380 g/mol. The maximum atomic E-state index is 12.6. The maximum Gasteiger partial charge on any atom is 0.271 e. The van der Waals surface area contributed by atoms with E-state index in [0.717, 1.165) is 18.2 Å². The SMILES string of the molecule is N#C[C@@H]1CCCN1C(=O)CN1CC[C@@H](c2c(S(N)(=O)=O)oc3ccccc23)C1. The number of hydrogen-bond donors (Lipinski definition) is 1. The number of sulfonamides is 1. The lowest BCUT2D eigenvalue weighted by Gasteiger charge is -2.23. The molecule has 8 nitrogen and oxygen atoms in total. The lowest BCUT2D eigenvalue weighted by molar-refractivity contribution is -0.132. The highest BCUT2D eigenvalue weighted by molar-refractivity contribution is 7.89. The number of nitrogens with two attached hydrogens (primary N) is 1. The van der Waals surface area contributed by atoms with Crippen LogP contribution in [-0.4, -0.2) is 56.3 Å². The number of carbonyl (C=O) groups is 1. The molecule has 2 atom stereocenters. The van der Waals surface area contributed by atoms with E-state index in [-0.39, 0.29) is 29.5 Å². The number of primary sulfonamides is 1. The Morgan fingerprint density at radius 3 is 2.82 bits per heavy atom. The molecule has 1 aromatic heterocycles. The molecule has 2 aromatic rings. The van der Waals surface area contributed by atoms with E-state index in [1.807, 2.05) is 17.0 Å². The van der Waals surface area contributed by atoms with Gasteiger partial charge in [-0.05, 0) is 31.9 Å². The largest absolute Gasteiger partial charge is 0.443 e. The third kappa shape index (κ3) is 3.39. The fraction of sp³-hybridized carbons (Fsp3) is 0.474. The molecule has 1 aromatic carbocycles. The van der Waals surface area contributed by atoms with Crippen molar-refractivity contribution in [2.75, 3.05) is 26.2 Å². The highest BCUT2D eigenvalue weighted by atomic mass is 32.2. The molecular formula is C19H22N4O4S. The van der Waals surface area contributed by atoms with Crippen LogP contribution < -0.4 is 5.14 Å². The number of likely N-dealkylation sites (tertiary alicyclic amines) is 2. The number of para-hydroxylation sites is 1. The molecule has 0 radical (unpaired) electrons. The molecule has 2 aliphatic rings. The van der Waals surface area contributed by atoms with E-state index < -0.39 is 10.0 Å². The van der Waals surface area contributed by atoms with Gasteiger partial charge in [0.05, 0.1) is 12.6 Å². The van der Waals surface area contributed by atoms with E-state index >= 15 is 0 Å². The second-order valence-electron chi connectivity index (χ2n) is 7.44. The van der Waals surface area contributed by atoms with Gasteiger partial charge in [0.1, 0.15) is 11.6 Å². The maximum absolute atomic E-state index is 12.6. The van der Waals surface area contributed by atoms with Gasteiger partial charge in [-0.3, -0.25) is 9.69 Å². The average molecular weight is 402 g/mol. The van der Waals surface area contributed by atoms with Crippen LogP contribution in [0.15, 0.2) is 33.8 Å². The van der Waals surface area contributed by atoms with E-state index in [4.69, 9.17) is 9.56 Å². The topological polar surface area (TPSA) is 121 Å². The Hall–Kier alpha value is -2.41. The Bertz CT molecular complexity index is 1060. The van der Waals surface area contributed by atoms with E-state index in [1.54, 1.807) is 17.0 Å². The summed E-state index contributed by atoms with van der Waals surface area (Å²) >= 11 is 0. The standard InChI is InChI=1S/C19H22N4O4S/c20-10-14-4-3-8-23(14)17(24)12-22-9-7-13(11-22)18-15-5-1-2-6-16(15)27-19(18)28(21,25)26/h1-2,5-6,13-14H,3-4,7-9,11-12H2,(H2,21,25,26)/t13-,14+/m1/s1. The summed E-state index contributed by atoms with van der Waals surface area (Å²) in [7, 11) is -3.99. The first-order valence-electron chi connectivity index (χ1n) is 9.34. The summed E-state index contributed by atoms with van der Waals surface area (Å²) in [4.78, 5) is 16.3. The second kappa shape index (κ2) is 7.20. The van der Waals surface area contributed by atoms with Crippen LogP contribution in [0.2, 0.25) is 0 Å². The smallest absolute Gasteiger partial charge is 0.271 e. The van der Waals surface area contributed by atoms with Gasteiger partial charge in [-0.25, -0.2) is 13.6 Å². The van der Waals surface area contributed by atoms with Gasteiger partial charge in [0, 0.05) is 30.0 Å². The highest BCUT2D eigenvalue weighted by Crippen LogP contribution is 2.38. The second-order valence-corrected chi connectivity index (χ2v) is 8.90. The van der Waals surface area contributed by atoms with Crippen LogP contribution in [0.25, 0.3) is 11.0 Å². The molecule has 0 bridgehead atoms. The monoisotopic (exact) mass is 402 g/mol. The Balaban J connectivity index is 1.55. The van der Waals surface area contributed by atoms with Crippen LogP contribution in [0, 0.1) is 11.3 Å². The van der Waals surface area contributed by atoms with Gasteiger partial charge in [0.25, 0.3) is 10.0 Å². The lowest BCUT2D eigenvalue weighted by Crippen LogP contribution is -2.41. The van der Waals surface area contributed by atoms with Gasteiger partial charge >= 0.3 is 0 Å². The van der Waals surface area contributed by atoms with E-state index in [0.29, 0.717) is 37.2 Å². The van der Waals surface area contributed by atoms with Crippen molar-refractivity contribution < 1.29 is 17.6 Å². The number of rotatable bonds is 4. The Morgan fingerprint density at radius 1 is 1.29 bits per heavy atom. The Kier molecular flexibility index (Phi) is 4.87. The highest BCUT2D eigenvalue weighted by Gasteiger charge is 2.35. The van der Waals surface area contributed by atoms with Crippen molar-refractivity contribution in [3.05, 3.63) is 29.8 Å². The van der Waals surface area contributed by atoms with Crippen molar-refractivity contribution in [3.8, 4) is 6.07 Å². The van der Waals surface area contributed by atoms with E-state index in [9.17, 15) is 18.5 Å². The van der Waals surface area contributed by atoms with Gasteiger partial charge in [-0.2, -0.15) is 5.26 Å². The van der Waals surface area contributed by atoms with Crippen molar-refractivity contribution in [1.82, 2.24) is 9.80 Å². The summed E-state index contributed by atoms with van der Waals surface area (Å²) in [6.45, 7) is 2.07. The fourth-order valence-electron chi connectivity index (χ4n) is 4.33. The summed E-state index contributed by atoms with van der Waals surface area (Å²) in [6, 6.07) is 9.02. The number of carbonyl (C=O) groups excluding carboxylic acids is 1. The molecule has 28 heavy (non-hydrogen) atoms. The van der Waals surface area contributed by atoms with Crippen LogP contribution in [-0.2, 0) is 14.8 Å². The number of fused-ring (bicyclic) bond motifs is 1. The number of nitriles is 1. The van der Waals surface area contributed by atoms with Gasteiger partial charge < -0.3 is 9.32 Å². The van der Waals surface area contributed by atoms with Crippen molar-refractivity contribution in [2.45, 2.75) is 36.3 Å².